The summed E-state index contributed by atoms with van der Waals surface area (Å²) >= 11 is 0. The van der Waals surface area contributed by atoms with E-state index in [1.807, 2.05) is 0 Å². The summed E-state index contributed by atoms with van der Waals surface area (Å²) in [5.41, 5.74) is 19.1. The van der Waals surface area contributed by atoms with Crippen LogP contribution in [0.1, 0.15) is 5.56 Å². The minimum Gasteiger partial charge on any atom is -0.309 e. The molecular weight excluding hydrogens is 947 g/mol. The molecule has 0 radical (unpaired) electrons. The van der Waals surface area contributed by atoms with Gasteiger partial charge in [0, 0.05) is 71.2 Å². The SMILES string of the molecule is N#Cc1c(-n2c3ccccc3c3c4c5ccccc5n(-c5ccccc5)c4ccc32)c(-c2ccccc2)c(-c2ccccc2)c(-c2ccccc2)c1-n1c2ccccc2c2c3c4ccccc4n(-c4ccccc4)c3ccc21. The number of hydrogen-bond donors (Lipinski definition) is 0. The summed E-state index contributed by atoms with van der Waals surface area (Å²) in [7, 11) is 0. The molecule has 0 aliphatic carbocycles. The fraction of sp³-hybridized carbons (Fsp3) is 0. The van der Waals surface area contributed by atoms with Crippen molar-refractivity contribution in [3.05, 3.63) is 279 Å². The molecule has 0 unspecified atom stereocenters. The van der Waals surface area contributed by atoms with Crippen molar-refractivity contribution in [1.82, 2.24) is 18.3 Å². The molecule has 16 rings (SSSR count). The van der Waals surface area contributed by atoms with Gasteiger partial charge in [-0.2, -0.15) is 5.26 Å². The van der Waals surface area contributed by atoms with Crippen LogP contribution >= 0.6 is 0 Å². The Morgan fingerprint density at radius 3 is 0.808 bits per heavy atom. The third-order valence-corrected chi connectivity index (χ3v) is 16.2. The molecule has 0 N–H and O–H groups in total. The molecule has 5 nitrogen and oxygen atoms in total. The second-order valence-corrected chi connectivity index (χ2v) is 20.2. The largest absolute Gasteiger partial charge is 0.309 e. The van der Waals surface area contributed by atoms with Crippen LogP contribution in [0.25, 0.3) is 143 Å². The second-order valence-electron chi connectivity index (χ2n) is 20.2. The van der Waals surface area contributed by atoms with E-state index < -0.39 is 0 Å². The predicted molar refractivity (Wildman–Crippen MR) is 325 cm³/mol. The van der Waals surface area contributed by atoms with Crippen LogP contribution in [-0.4, -0.2) is 18.3 Å². The van der Waals surface area contributed by atoms with Crippen LogP contribution in [0.4, 0.5) is 0 Å². The average Bonchev–Trinajstić information content (AvgIpc) is 4.02. The molecule has 0 spiro atoms. The zero-order valence-corrected chi connectivity index (χ0v) is 42.2. The molecule has 5 heteroatoms. The highest BCUT2D eigenvalue weighted by Crippen LogP contribution is 2.54. The van der Waals surface area contributed by atoms with E-state index in [0.717, 1.165) is 122 Å². The van der Waals surface area contributed by atoms with E-state index in [1.54, 1.807) is 0 Å². The summed E-state index contributed by atoms with van der Waals surface area (Å²) in [5.74, 6) is 0. The van der Waals surface area contributed by atoms with Gasteiger partial charge in [0.25, 0.3) is 0 Å². The number of rotatable bonds is 7. The zero-order chi connectivity index (χ0) is 51.4. The van der Waals surface area contributed by atoms with Gasteiger partial charge >= 0.3 is 0 Å². The van der Waals surface area contributed by atoms with Gasteiger partial charge in [-0.15, -0.1) is 0 Å². The van der Waals surface area contributed by atoms with Gasteiger partial charge in [-0.05, 0) is 89.5 Å². The molecule has 4 aromatic heterocycles. The number of nitrogens with zero attached hydrogens (tertiary/aromatic N) is 5. The molecular formula is C73H45N5. The first kappa shape index (κ1) is 43.7. The highest BCUT2D eigenvalue weighted by molar-refractivity contribution is 6.31. The standard InChI is InChI=1S/C73H45N5/c74-46-56-72(77-59-40-22-18-36-54(59)70-63(77)44-42-61-68(70)52-34-16-20-38-57(52)75(61)50-30-12-4-13-31-50)66(48-26-8-2-9-27-48)65(47-24-6-1-7-25-47)67(49-28-10-3-11-29-49)73(56)78-60-41-23-19-37-55(60)71-64(78)45-43-62-69(71)53-35-17-21-39-58(53)76(62)51-32-14-5-15-33-51/h1-45H. The Morgan fingerprint density at radius 2 is 0.487 bits per heavy atom. The smallest absolute Gasteiger partial charge is 0.104 e. The van der Waals surface area contributed by atoms with E-state index in [0.29, 0.717) is 5.56 Å². The van der Waals surface area contributed by atoms with Gasteiger partial charge in [0.05, 0.1) is 55.5 Å². The van der Waals surface area contributed by atoms with E-state index in [2.05, 4.69) is 297 Å². The summed E-state index contributed by atoms with van der Waals surface area (Å²) in [6.45, 7) is 0. The van der Waals surface area contributed by atoms with E-state index in [4.69, 9.17) is 0 Å². The monoisotopic (exact) mass is 991 g/mol. The van der Waals surface area contributed by atoms with Crippen molar-refractivity contribution < 1.29 is 0 Å². The Balaban J connectivity index is 1.15. The molecule has 0 fully saturated rings. The van der Waals surface area contributed by atoms with Crippen LogP contribution in [-0.2, 0) is 0 Å². The number of fused-ring (bicyclic) bond motifs is 14. The van der Waals surface area contributed by atoms with Gasteiger partial charge in [0.2, 0.25) is 0 Å². The molecule has 12 aromatic carbocycles. The maximum Gasteiger partial charge on any atom is 0.104 e. The van der Waals surface area contributed by atoms with Crippen LogP contribution in [0.2, 0.25) is 0 Å². The number of nitriles is 1. The number of hydrogen-bond acceptors (Lipinski definition) is 1. The van der Waals surface area contributed by atoms with Gasteiger partial charge in [0.1, 0.15) is 11.6 Å². The summed E-state index contributed by atoms with van der Waals surface area (Å²) in [6.07, 6.45) is 0. The minimum absolute atomic E-state index is 0.566. The summed E-state index contributed by atoms with van der Waals surface area (Å²) in [5, 5.41) is 21.9. The number of para-hydroxylation sites is 6. The molecule has 0 amide bonds. The molecule has 0 saturated carbocycles. The first-order valence-electron chi connectivity index (χ1n) is 26.6. The van der Waals surface area contributed by atoms with Gasteiger partial charge in [0.15, 0.2) is 0 Å². The van der Waals surface area contributed by atoms with Gasteiger partial charge in [-0.1, -0.05) is 200 Å². The van der Waals surface area contributed by atoms with Crippen LogP contribution in [0.5, 0.6) is 0 Å². The van der Waals surface area contributed by atoms with Gasteiger partial charge in [-0.25, -0.2) is 0 Å². The Labute approximate surface area is 449 Å². The normalized spacial score (nSPS) is 11.8. The molecule has 4 heterocycles. The fourth-order valence-electron chi connectivity index (χ4n) is 13.2. The third-order valence-electron chi connectivity index (χ3n) is 16.2. The lowest BCUT2D eigenvalue weighted by molar-refractivity contribution is 1.12. The van der Waals surface area contributed by atoms with Crippen LogP contribution in [0, 0.1) is 11.3 Å². The molecule has 0 atom stereocenters. The van der Waals surface area contributed by atoms with E-state index >= 15 is 0 Å². The van der Waals surface area contributed by atoms with Crippen molar-refractivity contribution in [2.45, 2.75) is 0 Å². The Bertz CT molecular complexity index is 4820. The van der Waals surface area contributed by atoms with Crippen molar-refractivity contribution in [3.8, 4) is 62.2 Å². The van der Waals surface area contributed by atoms with E-state index in [-0.39, 0.29) is 0 Å². The van der Waals surface area contributed by atoms with Crippen molar-refractivity contribution in [3.63, 3.8) is 0 Å². The van der Waals surface area contributed by atoms with Crippen molar-refractivity contribution >= 4 is 87.2 Å². The fourth-order valence-corrected chi connectivity index (χ4v) is 13.2. The summed E-state index contributed by atoms with van der Waals surface area (Å²) in [4.78, 5) is 0. The maximum absolute atomic E-state index is 12.7. The van der Waals surface area contributed by atoms with Crippen LogP contribution in [0.15, 0.2) is 273 Å². The highest BCUT2D eigenvalue weighted by atomic mass is 15.0. The molecule has 362 valence electrons. The van der Waals surface area contributed by atoms with E-state index in [9.17, 15) is 5.26 Å². The second kappa shape index (κ2) is 17.2. The quantitative estimate of drug-likeness (QED) is 0.157. The number of benzene rings is 12. The highest BCUT2D eigenvalue weighted by Gasteiger charge is 2.33. The molecule has 78 heavy (non-hydrogen) atoms. The van der Waals surface area contributed by atoms with Crippen LogP contribution < -0.4 is 0 Å². The van der Waals surface area contributed by atoms with Crippen molar-refractivity contribution in [2.75, 3.05) is 0 Å². The third kappa shape index (κ3) is 6.17. The zero-order valence-electron chi connectivity index (χ0n) is 42.2. The first-order valence-corrected chi connectivity index (χ1v) is 26.6. The van der Waals surface area contributed by atoms with Gasteiger partial charge in [-0.3, -0.25) is 0 Å². The minimum atomic E-state index is 0.566. The maximum atomic E-state index is 12.7. The first-order chi connectivity index (χ1) is 38.8. The molecule has 0 bridgehead atoms. The van der Waals surface area contributed by atoms with Crippen molar-refractivity contribution in [1.29, 1.82) is 5.26 Å². The van der Waals surface area contributed by atoms with Crippen molar-refractivity contribution in [2.24, 2.45) is 0 Å². The summed E-state index contributed by atoms with van der Waals surface area (Å²) in [6, 6.07) is 101. The molecule has 16 aromatic rings. The van der Waals surface area contributed by atoms with E-state index in [1.165, 1.54) is 21.5 Å². The Kier molecular flexibility index (Phi) is 9.63. The molecule has 0 saturated heterocycles. The average molecular weight is 992 g/mol. The lowest BCUT2D eigenvalue weighted by Crippen LogP contribution is -2.11. The summed E-state index contributed by atoms with van der Waals surface area (Å²) < 4.78 is 9.62. The molecule has 0 aliphatic heterocycles. The topological polar surface area (TPSA) is 43.5 Å². The lowest BCUT2D eigenvalue weighted by atomic mass is 9.82. The predicted octanol–water partition coefficient (Wildman–Crippen LogP) is 18.9. The van der Waals surface area contributed by atoms with Gasteiger partial charge < -0.3 is 18.3 Å². The molecule has 0 aliphatic rings. The number of aromatic nitrogens is 4. The van der Waals surface area contributed by atoms with Crippen LogP contribution in [0.3, 0.4) is 0 Å². The Hall–Kier alpha value is -10.7. The lowest BCUT2D eigenvalue weighted by Gasteiger charge is -2.28. The Morgan fingerprint density at radius 1 is 0.231 bits per heavy atom.